The van der Waals surface area contributed by atoms with Gasteiger partial charge in [-0.05, 0) is 25.7 Å². The largest absolute Gasteiger partial charge is 0.460 e. The first-order valence-corrected chi connectivity index (χ1v) is 9.07. The Morgan fingerprint density at radius 2 is 2.00 bits per heavy atom. The number of nitrogens with zero attached hydrogens (tertiary/aromatic N) is 4. The molecule has 0 radical (unpaired) electrons. The van der Waals surface area contributed by atoms with E-state index in [0.29, 0.717) is 0 Å². The van der Waals surface area contributed by atoms with Crippen LogP contribution in [0.2, 0.25) is 0 Å². The zero-order valence-corrected chi connectivity index (χ0v) is 15.1. The summed E-state index contributed by atoms with van der Waals surface area (Å²) in [5, 5.41) is 29.7. The number of rotatable bonds is 4. The number of hydrogen-bond donors (Lipinski definition) is 4. The highest BCUT2D eigenvalue weighted by Crippen LogP contribution is 2.47. The topological polar surface area (TPSA) is 149 Å². The van der Waals surface area contributed by atoms with E-state index in [1.807, 2.05) is 0 Å². The highest BCUT2D eigenvalue weighted by atomic mass is 19.4. The molecular weight excluding hydrogens is 399 g/mol. The zero-order chi connectivity index (χ0) is 21.0. The molecule has 4 atom stereocenters. The van der Waals surface area contributed by atoms with Gasteiger partial charge in [-0.1, -0.05) is 0 Å². The molecule has 2 aromatic heterocycles. The van der Waals surface area contributed by atoms with Gasteiger partial charge in [0.1, 0.15) is 18.3 Å². The van der Waals surface area contributed by atoms with Crippen LogP contribution in [-0.2, 0) is 4.74 Å². The Labute approximate surface area is 162 Å². The first-order chi connectivity index (χ1) is 13.7. The maximum absolute atomic E-state index is 13.4. The van der Waals surface area contributed by atoms with Crippen LogP contribution in [0.5, 0.6) is 6.01 Å². The second-order valence-electron chi connectivity index (χ2n) is 7.21. The van der Waals surface area contributed by atoms with Crippen molar-refractivity contribution < 1.29 is 38.0 Å². The van der Waals surface area contributed by atoms with Crippen LogP contribution in [0.4, 0.5) is 19.0 Å². The number of ether oxygens (including phenoxy) is 2. The number of nitrogen functional groups attached to an aromatic ring is 1. The summed E-state index contributed by atoms with van der Waals surface area (Å²) in [5.41, 5.74) is 2.24. The van der Waals surface area contributed by atoms with E-state index in [2.05, 4.69) is 15.0 Å². The number of fused-ring (bicyclic) bond motifs is 1. The minimum atomic E-state index is -5.25. The smallest absolute Gasteiger partial charge is 0.422 e. The van der Waals surface area contributed by atoms with Gasteiger partial charge in [0.2, 0.25) is 5.60 Å². The average molecular weight is 419 g/mol. The maximum atomic E-state index is 13.4. The Bertz CT molecular complexity index is 903. The highest BCUT2D eigenvalue weighted by Gasteiger charge is 2.70. The monoisotopic (exact) mass is 419 g/mol. The van der Waals surface area contributed by atoms with Gasteiger partial charge in [-0.25, -0.2) is 4.98 Å². The van der Waals surface area contributed by atoms with Crippen molar-refractivity contribution >= 4 is 17.0 Å². The summed E-state index contributed by atoms with van der Waals surface area (Å²) in [7, 11) is 0. The molecule has 0 aromatic carbocycles. The lowest BCUT2D eigenvalue weighted by molar-refractivity contribution is -0.296. The van der Waals surface area contributed by atoms with Gasteiger partial charge >= 0.3 is 12.2 Å². The Kier molecular flexibility index (Phi) is 4.80. The maximum Gasteiger partial charge on any atom is 0.422 e. The Balaban J connectivity index is 1.73. The summed E-state index contributed by atoms with van der Waals surface area (Å²) in [6.45, 7) is -1.16. The molecule has 4 rings (SSSR count). The van der Waals surface area contributed by atoms with E-state index in [4.69, 9.17) is 15.2 Å². The van der Waals surface area contributed by atoms with Crippen LogP contribution in [-0.4, -0.2) is 71.5 Å². The number of nitrogens with two attached hydrogens (primary N) is 1. The zero-order valence-electron chi connectivity index (χ0n) is 15.1. The van der Waals surface area contributed by atoms with Crippen molar-refractivity contribution in [3.8, 4) is 6.01 Å². The molecule has 0 unspecified atom stereocenters. The lowest BCUT2D eigenvalue weighted by atomic mass is 9.91. The Morgan fingerprint density at radius 1 is 1.31 bits per heavy atom. The Morgan fingerprint density at radius 3 is 2.59 bits per heavy atom. The van der Waals surface area contributed by atoms with Crippen molar-refractivity contribution in [2.45, 2.75) is 62.0 Å². The molecule has 13 heteroatoms. The lowest BCUT2D eigenvalue weighted by Crippen LogP contribution is -2.59. The van der Waals surface area contributed by atoms with Crippen molar-refractivity contribution in [3.05, 3.63) is 6.33 Å². The molecule has 1 saturated heterocycles. The average Bonchev–Trinajstić information content (AvgIpc) is 3.35. The summed E-state index contributed by atoms with van der Waals surface area (Å²) >= 11 is 0. The van der Waals surface area contributed by atoms with Crippen LogP contribution in [0.3, 0.4) is 0 Å². The van der Waals surface area contributed by atoms with Crippen molar-refractivity contribution in [3.63, 3.8) is 0 Å². The van der Waals surface area contributed by atoms with E-state index in [9.17, 15) is 28.5 Å². The molecule has 1 aliphatic carbocycles. The minimum absolute atomic E-state index is 0.0299. The third-order valence-corrected chi connectivity index (χ3v) is 5.41. The first-order valence-electron chi connectivity index (χ1n) is 9.07. The van der Waals surface area contributed by atoms with Crippen LogP contribution in [0.15, 0.2) is 6.33 Å². The van der Waals surface area contributed by atoms with Crippen LogP contribution in [0.1, 0.15) is 31.9 Å². The molecule has 5 N–H and O–H groups in total. The van der Waals surface area contributed by atoms with E-state index < -0.39 is 36.8 Å². The number of imidazole rings is 1. The van der Waals surface area contributed by atoms with Gasteiger partial charge in [-0.2, -0.15) is 23.1 Å². The van der Waals surface area contributed by atoms with E-state index >= 15 is 0 Å². The fraction of sp³-hybridized carbons (Fsp3) is 0.688. The molecule has 0 bridgehead atoms. The van der Waals surface area contributed by atoms with Crippen LogP contribution in [0.25, 0.3) is 11.2 Å². The number of aromatic nitrogens is 4. The molecule has 3 heterocycles. The number of aliphatic hydroxyl groups is 3. The molecule has 0 spiro atoms. The first kappa shape index (κ1) is 20.1. The van der Waals surface area contributed by atoms with Gasteiger partial charge in [0.15, 0.2) is 23.2 Å². The van der Waals surface area contributed by atoms with E-state index in [0.717, 1.165) is 36.6 Å². The van der Waals surface area contributed by atoms with Gasteiger partial charge in [0.25, 0.3) is 0 Å². The van der Waals surface area contributed by atoms with Crippen LogP contribution >= 0.6 is 0 Å². The van der Waals surface area contributed by atoms with Gasteiger partial charge < -0.3 is 30.5 Å². The standard InChI is InChI=1S/C16H20F3N5O5/c17-16(18,19)15(27)8(5-25)29-13(10(15)26)24-6-21-9-11(20)22-14(23-12(9)24)28-7-3-1-2-4-7/h6-8,10,13,25-27H,1-5H2,(H2,20,22,23)/t8-,10+,13-,15-/m1/s1. The van der Waals surface area contributed by atoms with E-state index in [1.165, 1.54) is 0 Å². The third kappa shape index (κ3) is 3.08. The molecule has 1 aliphatic heterocycles. The molecule has 0 amide bonds. The van der Waals surface area contributed by atoms with Crippen molar-refractivity contribution in [1.29, 1.82) is 0 Å². The summed E-state index contributed by atoms with van der Waals surface area (Å²) in [4.78, 5) is 12.2. The SMILES string of the molecule is Nc1nc(OC2CCCC2)nc2c1ncn2[C@@H]1O[C@H](CO)[C@](O)(C(F)(F)F)[C@H]1O. The van der Waals surface area contributed by atoms with Crippen molar-refractivity contribution in [2.24, 2.45) is 0 Å². The number of aliphatic hydroxyl groups excluding tert-OH is 2. The van der Waals surface area contributed by atoms with Crippen LogP contribution in [0, 0.1) is 0 Å². The normalized spacial score (nSPS) is 31.0. The minimum Gasteiger partial charge on any atom is -0.460 e. The van der Waals surface area contributed by atoms with E-state index in [-0.39, 0.29) is 29.1 Å². The summed E-state index contributed by atoms with van der Waals surface area (Å²) < 4.78 is 52.1. The van der Waals surface area contributed by atoms with E-state index in [1.54, 1.807) is 0 Å². The third-order valence-electron chi connectivity index (χ3n) is 5.41. The number of hydrogen-bond acceptors (Lipinski definition) is 9. The summed E-state index contributed by atoms with van der Waals surface area (Å²) in [6.07, 6.45) is -6.91. The highest BCUT2D eigenvalue weighted by molar-refractivity contribution is 5.82. The molecule has 2 aliphatic rings. The van der Waals surface area contributed by atoms with Gasteiger partial charge in [0.05, 0.1) is 12.9 Å². The molecule has 2 fully saturated rings. The van der Waals surface area contributed by atoms with Crippen LogP contribution < -0.4 is 10.5 Å². The second-order valence-corrected chi connectivity index (χ2v) is 7.21. The molecule has 2 aromatic rings. The number of halogens is 3. The van der Waals surface area contributed by atoms with Gasteiger partial charge in [-0.3, -0.25) is 4.57 Å². The fourth-order valence-electron chi connectivity index (χ4n) is 3.82. The van der Waals surface area contributed by atoms with Gasteiger partial charge in [-0.15, -0.1) is 0 Å². The number of alkyl halides is 3. The predicted octanol–water partition coefficient (Wildman–Crippen LogP) is 0.274. The summed E-state index contributed by atoms with van der Waals surface area (Å²) in [6, 6.07) is -0.0686. The fourth-order valence-corrected chi connectivity index (χ4v) is 3.82. The van der Waals surface area contributed by atoms with Crippen molar-refractivity contribution in [2.75, 3.05) is 12.3 Å². The molecule has 160 valence electrons. The van der Waals surface area contributed by atoms with Gasteiger partial charge in [0, 0.05) is 0 Å². The molecular formula is C16H20F3N5O5. The second kappa shape index (κ2) is 6.93. The Hall–Kier alpha value is -2.22. The number of anilines is 1. The quantitative estimate of drug-likeness (QED) is 0.548. The predicted molar refractivity (Wildman–Crippen MR) is 90.6 cm³/mol. The lowest BCUT2D eigenvalue weighted by Gasteiger charge is -2.31. The molecule has 1 saturated carbocycles. The molecule has 29 heavy (non-hydrogen) atoms. The summed E-state index contributed by atoms with van der Waals surface area (Å²) in [5.74, 6) is -0.0565. The van der Waals surface area contributed by atoms with Crippen molar-refractivity contribution in [1.82, 2.24) is 19.5 Å². The molecule has 10 nitrogen and oxygen atoms in total.